The first-order valence-corrected chi connectivity index (χ1v) is 7.11. The summed E-state index contributed by atoms with van der Waals surface area (Å²) in [6, 6.07) is 17.0. The zero-order valence-electron chi connectivity index (χ0n) is 11.6. The van der Waals surface area contributed by atoms with E-state index in [4.69, 9.17) is 4.98 Å². The zero-order chi connectivity index (χ0) is 13.5. The predicted molar refractivity (Wildman–Crippen MR) is 82.5 cm³/mol. The van der Waals surface area contributed by atoms with Crippen molar-refractivity contribution in [2.45, 2.75) is 12.8 Å². The van der Waals surface area contributed by atoms with Crippen LogP contribution in [0.4, 0.5) is 11.6 Å². The van der Waals surface area contributed by atoms with Crippen LogP contribution < -0.4 is 4.90 Å². The Morgan fingerprint density at radius 3 is 2.70 bits per heavy atom. The molecule has 3 heteroatoms. The molecule has 0 amide bonds. The van der Waals surface area contributed by atoms with Gasteiger partial charge in [-0.2, -0.15) is 0 Å². The molecule has 0 unspecified atom stereocenters. The minimum Gasteiger partial charge on any atom is -0.313 e. The maximum Gasteiger partial charge on any atom is 0.210 e. The first-order chi connectivity index (χ1) is 9.84. The van der Waals surface area contributed by atoms with Crippen LogP contribution in [-0.2, 0) is 13.5 Å². The Kier molecular flexibility index (Phi) is 2.52. The quantitative estimate of drug-likeness (QED) is 0.668. The van der Waals surface area contributed by atoms with Gasteiger partial charge in [0.05, 0.1) is 11.0 Å². The molecule has 3 nitrogen and oxygen atoms in total. The first-order valence-electron chi connectivity index (χ1n) is 7.11. The lowest BCUT2D eigenvalue weighted by molar-refractivity contribution is 0.737. The van der Waals surface area contributed by atoms with E-state index >= 15 is 0 Å². The highest BCUT2D eigenvalue weighted by molar-refractivity contribution is 5.80. The molecule has 2 heterocycles. The average Bonchev–Trinajstić information content (AvgIpc) is 2.84. The second-order valence-corrected chi connectivity index (χ2v) is 5.34. The van der Waals surface area contributed by atoms with Gasteiger partial charge in [0.2, 0.25) is 5.95 Å². The molecule has 0 radical (unpaired) electrons. The summed E-state index contributed by atoms with van der Waals surface area (Å²) in [4.78, 5) is 7.17. The number of fused-ring (bicyclic) bond motifs is 2. The third-order valence-electron chi connectivity index (χ3n) is 4.12. The average molecular weight is 263 g/mol. The first kappa shape index (κ1) is 11.5. The molecule has 3 aromatic rings. The monoisotopic (exact) mass is 263 g/mol. The SMILES string of the molecule is Cn1c(N2CCCc3ccccc32)nc2ccccc21. The molecule has 2 aromatic carbocycles. The molecule has 100 valence electrons. The van der Waals surface area contributed by atoms with Crippen LogP contribution in [0.3, 0.4) is 0 Å². The van der Waals surface area contributed by atoms with Gasteiger partial charge in [-0.1, -0.05) is 30.3 Å². The van der Waals surface area contributed by atoms with E-state index in [0.29, 0.717) is 0 Å². The standard InChI is InChI=1S/C17H17N3/c1-19-16-11-5-3-9-14(16)18-17(19)20-12-6-8-13-7-2-4-10-15(13)20/h2-5,7,9-11H,6,8,12H2,1H3. The molecule has 0 saturated heterocycles. The zero-order valence-corrected chi connectivity index (χ0v) is 11.6. The van der Waals surface area contributed by atoms with Crippen molar-refractivity contribution in [3.63, 3.8) is 0 Å². The van der Waals surface area contributed by atoms with Gasteiger partial charge >= 0.3 is 0 Å². The van der Waals surface area contributed by atoms with Crippen molar-refractivity contribution in [1.29, 1.82) is 0 Å². The fourth-order valence-corrected chi connectivity index (χ4v) is 3.12. The van der Waals surface area contributed by atoms with Gasteiger partial charge in [-0.05, 0) is 36.6 Å². The van der Waals surface area contributed by atoms with Gasteiger partial charge in [0, 0.05) is 19.3 Å². The summed E-state index contributed by atoms with van der Waals surface area (Å²) < 4.78 is 2.19. The van der Waals surface area contributed by atoms with Crippen LogP contribution in [0.5, 0.6) is 0 Å². The van der Waals surface area contributed by atoms with Crippen LogP contribution >= 0.6 is 0 Å². The van der Waals surface area contributed by atoms with Gasteiger partial charge in [0.25, 0.3) is 0 Å². The highest BCUT2D eigenvalue weighted by Gasteiger charge is 2.21. The van der Waals surface area contributed by atoms with E-state index < -0.39 is 0 Å². The van der Waals surface area contributed by atoms with Crippen LogP contribution in [0.15, 0.2) is 48.5 Å². The smallest absolute Gasteiger partial charge is 0.210 e. The highest BCUT2D eigenvalue weighted by atomic mass is 15.3. The molecular formula is C17H17N3. The number of aromatic nitrogens is 2. The Labute approximate surface area is 118 Å². The van der Waals surface area contributed by atoms with Crippen LogP contribution in [0, 0.1) is 0 Å². The normalized spacial score (nSPS) is 14.6. The van der Waals surface area contributed by atoms with E-state index in [1.165, 1.54) is 23.2 Å². The van der Waals surface area contributed by atoms with Crippen molar-refractivity contribution in [2.75, 3.05) is 11.4 Å². The molecule has 0 atom stereocenters. The molecular weight excluding hydrogens is 246 g/mol. The van der Waals surface area contributed by atoms with Crippen molar-refractivity contribution < 1.29 is 0 Å². The summed E-state index contributed by atoms with van der Waals surface area (Å²) >= 11 is 0. The Morgan fingerprint density at radius 1 is 1.00 bits per heavy atom. The van der Waals surface area contributed by atoms with Crippen molar-refractivity contribution >= 4 is 22.7 Å². The third kappa shape index (κ3) is 1.63. The number of benzene rings is 2. The van der Waals surface area contributed by atoms with Crippen molar-refractivity contribution in [1.82, 2.24) is 9.55 Å². The van der Waals surface area contributed by atoms with Crippen LogP contribution in [0.25, 0.3) is 11.0 Å². The molecule has 0 aliphatic carbocycles. The number of anilines is 2. The summed E-state index contributed by atoms with van der Waals surface area (Å²) in [6.07, 6.45) is 2.34. The minimum atomic E-state index is 1.04. The van der Waals surface area contributed by atoms with Crippen molar-refractivity contribution in [3.8, 4) is 0 Å². The van der Waals surface area contributed by atoms with E-state index in [1.807, 2.05) is 6.07 Å². The summed E-state index contributed by atoms with van der Waals surface area (Å²) in [5, 5.41) is 0. The lowest BCUT2D eigenvalue weighted by atomic mass is 10.0. The number of hydrogen-bond acceptors (Lipinski definition) is 2. The number of hydrogen-bond donors (Lipinski definition) is 0. The molecule has 0 fully saturated rings. The summed E-state index contributed by atoms with van der Waals surface area (Å²) in [7, 11) is 2.10. The second-order valence-electron chi connectivity index (χ2n) is 5.34. The predicted octanol–water partition coefficient (Wildman–Crippen LogP) is 3.66. The lowest BCUT2D eigenvalue weighted by Gasteiger charge is -2.30. The Balaban J connectivity index is 1.90. The molecule has 0 N–H and O–H groups in total. The van der Waals surface area contributed by atoms with Gasteiger partial charge in [-0.25, -0.2) is 4.98 Å². The Morgan fingerprint density at radius 2 is 1.80 bits per heavy atom. The fourth-order valence-electron chi connectivity index (χ4n) is 3.12. The van der Waals surface area contributed by atoms with Crippen molar-refractivity contribution in [3.05, 3.63) is 54.1 Å². The number of nitrogens with zero attached hydrogens (tertiary/aromatic N) is 3. The van der Waals surface area contributed by atoms with Gasteiger partial charge < -0.3 is 9.47 Å². The molecule has 20 heavy (non-hydrogen) atoms. The molecule has 1 aliphatic heterocycles. The maximum absolute atomic E-state index is 4.82. The lowest BCUT2D eigenvalue weighted by Crippen LogP contribution is -2.26. The second kappa shape index (κ2) is 4.37. The summed E-state index contributed by atoms with van der Waals surface area (Å²) in [5.74, 6) is 1.04. The number of aryl methyl sites for hydroxylation is 2. The minimum absolute atomic E-state index is 1.04. The van der Waals surface area contributed by atoms with Gasteiger partial charge in [0.15, 0.2) is 0 Å². The number of para-hydroxylation sites is 3. The number of rotatable bonds is 1. The summed E-state index contributed by atoms with van der Waals surface area (Å²) in [5.41, 5.74) is 4.97. The van der Waals surface area contributed by atoms with Crippen LogP contribution in [0.1, 0.15) is 12.0 Å². The van der Waals surface area contributed by atoms with E-state index in [-0.39, 0.29) is 0 Å². The van der Waals surface area contributed by atoms with E-state index in [0.717, 1.165) is 24.4 Å². The van der Waals surface area contributed by atoms with E-state index in [9.17, 15) is 0 Å². The molecule has 0 spiro atoms. The van der Waals surface area contributed by atoms with E-state index in [1.54, 1.807) is 0 Å². The molecule has 4 rings (SSSR count). The summed E-state index contributed by atoms with van der Waals surface area (Å²) in [6.45, 7) is 1.04. The third-order valence-corrected chi connectivity index (χ3v) is 4.12. The fraction of sp³-hybridized carbons (Fsp3) is 0.235. The maximum atomic E-state index is 4.82. The molecule has 1 aromatic heterocycles. The Bertz CT molecular complexity index is 773. The molecule has 1 aliphatic rings. The highest BCUT2D eigenvalue weighted by Crippen LogP contribution is 2.33. The van der Waals surface area contributed by atoms with Crippen LogP contribution in [-0.4, -0.2) is 16.1 Å². The largest absolute Gasteiger partial charge is 0.313 e. The number of imidazole rings is 1. The van der Waals surface area contributed by atoms with Gasteiger partial charge in [0.1, 0.15) is 0 Å². The Hall–Kier alpha value is -2.29. The van der Waals surface area contributed by atoms with Crippen molar-refractivity contribution in [2.24, 2.45) is 7.05 Å². The van der Waals surface area contributed by atoms with E-state index in [2.05, 4.69) is 59.0 Å². The van der Waals surface area contributed by atoms with Crippen LogP contribution in [0.2, 0.25) is 0 Å². The molecule has 0 bridgehead atoms. The topological polar surface area (TPSA) is 21.1 Å². The van der Waals surface area contributed by atoms with Gasteiger partial charge in [-0.15, -0.1) is 0 Å². The molecule has 0 saturated carbocycles. The van der Waals surface area contributed by atoms with Gasteiger partial charge in [-0.3, -0.25) is 0 Å².